The fourth-order valence-corrected chi connectivity index (χ4v) is 4.82. The summed E-state index contributed by atoms with van der Waals surface area (Å²) in [5.74, 6) is 0.593. The maximum Gasteiger partial charge on any atom is 0.274 e. The number of nitrogens with one attached hydrogen (secondary N) is 3. The zero-order valence-electron chi connectivity index (χ0n) is 19.7. The molecule has 35 heavy (non-hydrogen) atoms. The van der Waals surface area contributed by atoms with Gasteiger partial charge < -0.3 is 30.5 Å². The van der Waals surface area contributed by atoms with Gasteiger partial charge in [-0.3, -0.25) is 9.59 Å². The third-order valence-corrected chi connectivity index (χ3v) is 7.09. The van der Waals surface area contributed by atoms with E-state index in [1.807, 2.05) is 0 Å². The van der Waals surface area contributed by atoms with Gasteiger partial charge in [0.05, 0.1) is 23.4 Å². The van der Waals surface area contributed by atoms with Gasteiger partial charge in [0.1, 0.15) is 22.9 Å². The van der Waals surface area contributed by atoms with Crippen LogP contribution in [0.1, 0.15) is 42.1 Å². The van der Waals surface area contributed by atoms with Crippen LogP contribution < -0.4 is 21.5 Å². The van der Waals surface area contributed by atoms with E-state index in [4.69, 9.17) is 11.6 Å². The monoisotopic (exact) mass is 500 g/mol. The first-order valence-corrected chi connectivity index (χ1v) is 12.1. The van der Waals surface area contributed by atoms with Crippen LogP contribution in [0.25, 0.3) is 5.65 Å². The summed E-state index contributed by atoms with van der Waals surface area (Å²) in [5, 5.41) is 23.5. The summed E-state index contributed by atoms with van der Waals surface area (Å²) in [4.78, 5) is 33.0. The number of likely N-dealkylation sites (tertiary alicyclic amines) is 1. The lowest BCUT2D eigenvalue weighted by Gasteiger charge is -2.32. The molecule has 4 heterocycles. The number of amides is 1. The standard InChI is InChI=1S/C23H29ClN8O3/c1-25-20-10-19(29-21-15(11-26-32(20)21)22(34)28-16-3-4-18(16)33)27-17-9-13(24)12-31(23(17)35)14-5-7-30(2)8-6-14/h9-12,14,16,18,25,33H,3-8H2,1-2H3,(H,27,29)(H,28,34)/t16-,18-/m0/s1. The Labute approximate surface area is 207 Å². The third-order valence-electron chi connectivity index (χ3n) is 6.88. The highest BCUT2D eigenvalue weighted by Gasteiger charge is 2.31. The topological polar surface area (TPSA) is 129 Å². The molecule has 0 aromatic carbocycles. The molecular weight excluding hydrogens is 472 g/mol. The van der Waals surface area contributed by atoms with E-state index in [0.717, 1.165) is 32.4 Å². The average Bonchev–Trinajstić information content (AvgIpc) is 3.27. The lowest BCUT2D eigenvalue weighted by Crippen LogP contribution is -2.50. The molecule has 1 aliphatic heterocycles. The van der Waals surface area contributed by atoms with Crippen molar-refractivity contribution in [3.8, 4) is 0 Å². The molecule has 1 aliphatic carbocycles. The molecule has 0 bridgehead atoms. The Morgan fingerprint density at radius 1 is 1.20 bits per heavy atom. The number of hydrogen-bond donors (Lipinski definition) is 4. The lowest BCUT2D eigenvalue weighted by atomic mass is 9.89. The quantitative estimate of drug-likeness (QED) is 0.403. The van der Waals surface area contributed by atoms with E-state index in [9.17, 15) is 14.7 Å². The van der Waals surface area contributed by atoms with Crippen molar-refractivity contribution in [2.45, 2.75) is 43.9 Å². The number of fused-ring (bicyclic) bond motifs is 1. The fourth-order valence-electron chi connectivity index (χ4n) is 4.60. The van der Waals surface area contributed by atoms with Gasteiger partial charge in [-0.25, -0.2) is 4.98 Å². The summed E-state index contributed by atoms with van der Waals surface area (Å²) in [7, 11) is 3.81. The van der Waals surface area contributed by atoms with E-state index in [0.29, 0.717) is 34.4 Å². The van der Waals surface area contributed by atoms with Crippen LogP contribution in [0.4, 0.5) is 17.3 Å². The zero-order chi connectivity index (χ0) is 24.7. The minimum Gasteiger partial charge on any atom is -0.391 e. The van der Waals surface area contributed by atoms with Gasteiger partial charge in [-0.15, -0.1) is 0 Å². The second-order valence-corrected chi connectivity index (χ2v) is 9.68. The molecule has 3 aromatic rings. The summed E-state index contributed by atoms with van der Waals surface area (Å²) in [5.41, 5.74) is 0.725. The number of piperidine rings is 1. The number of carbonyl (C=O) groups excluding carboxylic acids is 1. The van der Waals surface area contributed by atoms with Gasteiger partial charge in [-0.2, -0.15) is 9.61 Å². The smallest absolute Gasteiger partial charge is 0.274 e. The molecular formula is C23H29ClN8O3. The number of rotatable bonds is 6. The largest absolute Gasteiger partial charge is 0.391 e. The molecule has 5 rings (SSSR count). The van der Waals surface area contributed by atoms with Crippen molar-refractivity contribution in [3.05, 3.63) is 45.5 Å². The molecule has 2 atom stereocenters. The summed E-state index contributed by atoms with van der Waals surface area (Å²) in [6.45, 7) is 1.83. The van der Waals surface area contributed by atoms with Crippen molar-refractivity contribution >= 4 is 40.5 Å². The van der Waals surface area contributed by atoms with Crippen molar-refractivity contribution in [1.29, 1.82) is 0 Å². The molecule has 0 unspecified atom stereocenters. The van der Waals surface area contributed by atoms with E-state index < -0.39 is 6.10 Å². The SMILES string of the molecule is CNc1cc(Nc2cc(Cl)cn(C3CCN(C)CC3)c2=O)nc2c(C(=O)N[C@H]3CC[C@@H]3O)cnn12. The number of hydrogen-bond acceptors (Lipinski definition) is 8. The Morgan fingerprint density at radius 3 is 2.63 bits per heavy atom. The van der Waals surface area contributed by atoms with E-state index in [-0.39, 0.29) is 29.1 Å². The van der Waals surface area contributed by atoms with Crippen molar-refractivity contribution in [2.75, 3.05) is 37.8 Å². The molecule has 1 saturated carbocycles. The third kappa shape index (κ3) is 4.58. The lowest BCUT2D eigenvalue weighted by molar-refractivity contribution is 0.0448. The van der Waals surface area contributed by atoms with Crippen LogP contribution in [-0.4, -0.2) is 74.4 Å². The predicted octanol–water partition coefficient (Wildman–Crippen LogP) is 1.85. The van der Waals surface area contributed by atoms with Crippen molar-refractivity contribution < 1.29 is 9.90 Å². The molecule has 1 saturated heterocycles. The van der Waals surface area contributed by atoms with Gasteiger partial charge in [0, 0.05) is 25.4 Å². The van der Waals surface area contributed by atoms with Crippen LogP contribution in [0, 0.1) is 0 Å². The van der Waals surface area contributed by atoms with E-state index in [1.165, 1.54) is 10.7 Å². The van der Waals surface area contributed by atoms with Crippen molar-refractivity contribution in [1.82, 2.24) is 29.4 Å². The number of aliphatic hydroxyl groups excluding tert-OH is 1. The highest BCUT2D eigenvalue weighted by Crippen LogP contribution is 2.26. The normalized spacial score (nSPS) is 21.0. The first-order valence-electron chi connectivity index (χ1n) is 11.8. The Bertz CT molecular complexity index is 1310. The van der Waals surface area contributed by atoms with Gasteiger partial charge in [0.25, 0.3) is 11.5 Å². The molecule has 186 valence electrons. The van der Waals surface area contributed by atoms with Gasteiger partial charge in [-0.1, -0.05) is 11.6 Å². The molecule has 4 N–H and O–H groups in total. The molecule has 1 amide bonds. The Hall–Kier alpha value is -3.15. The van der Waals surface area contributed by atoms with Gasteiger partial charge in [0.2, 0.25) is 0 Å². The van der Waals surface area contributed by atoms with E-state index in [2.05, 4.69) is 38.0 Å². The number of halogens is 1. The Kier molecular flexibility index (Phi) is 6.39. The Morgan fingerprint density at radius 2 is 1.97 bits per heavy atom. The van der Waals surface area contributed by atoms with Crippen LogP contribution in [0.3, 0.4) is 0 Å². The van der Waals surface area contributed by atoms with E-state index in [1.54, 1.807) is 29.9 Å². The number of pyridine rings is 1. The first kappa shape index (κ1) is 23.6. The number of nitrogens with zero attached hydrogens (tertiary/aromatic N) is 5. The summed E-state index contributed by atoms with van der Waals surface area (Å²) in [6, 6.07) is 3.10. The summed E-state index contributed by atoms with van der Waals surface area (Å²) < 4.78 is 3.23. The molecule has 0 spiro atoms. The van der Waals surface area contributed by atoms with Crippen LogP contribution in [0.2, 0.25) is 5.02 Å². The van der Waals surface area contributed by atoms with Crippen LogP contribution in [-0.2, 0) is 0 Å². The number of carbonyl (C=O) groups is 1. The maximum atomic E-state index is 13.3. The molecule has 12 heteroatoms. The highest BCUT2D eigenvalue weighted by atomic mass is 35.5. The minimum atomic E-state index is -0.534. The maximum absolute atomic E-state index is 13.3. The minimum absolute atomic E-state index is 0.0771. The molecule has 0 radical (unpaired) electrons. The van der Waals surface area contributed by atoms with Crippen LogP contribution in [0.15, 0.2) is 29.3 Å². The van der Waals surface area contributed by atoms with E-state index >= 15 is 0 Å². The highest BCUT2D eigenvalue weighted by molar-refractivity contribution is 6.30. The van der Waals surface area contributed by atoms with Gasteiger partial charge in [-0.05, 0) is 51.9 Å². The Balaban J connectivity index is 1.47. The second-order valence-electron chi connectivity index (χ2n) is 9.24. The number of anilines is 3. The van der Waals surface area contributed by atoms with Gasteiger partial charge >= 0.3 is 0 Å². The predicted molar refractivity (Wildman–Crippen MR) is 134 cm³/mol. The second kappa shape index (κ2) is 9.48. The molecule has 2 fully saturated rings. The van der Waals surface area contributed by atoms with Crippen molar-refractivity contribution in [3.63, 3.8) is 0 Å². The average molecular weight is 501 g/mol. The number of aromatic nitrogens is 4. The van der Waals surface area contributed by atoms with Crippen LogP contribution >= 0.6 is 11.6 Å². The molecule has 3 aromatic heterocycles. The number of aliphatic hydroxyl groups is 1. The fraction of sp³-hybridized carbons (Fsp3) is 0.478. The first-order chi connectivity index (χ1) is 16.8. The summed E-state index contributed by atoms with van der Waals surface area (Å²) in [6.07, 6.45) is 5.74. The molecule has 2 aliphatic rings. The van der Waals surface area contributed by atoms with Gasteiger partial charge in [0.15, 0.2) is 5.65 Å². The zero-order valence-corrected chi connectivity index (χ0v) is 20.4. The van der Waals surface area contributed by atoms with Crippen molar-refractivity contribution in [2.24, 2.45) is 0 Å². The molecule has 11 nitrogen and oxygen atoms in total. The van der Waals surface area contributed by atoms with Crippen LogP contribution in [0.5, 0.6) is 0 Å². The summed E-state index contributed by atoms with van der Waals surface area (Å²) >= 11 is 6.39.